The summed E-state index contributed by atoms with van der Waals surface area (Å²) in [6.07, 6.45) is 4.42. The predicted octanol–water partition coefficient (Wildman–Crippen LogP) is 2.79. The first kappa shape index (κ1) is 14.2. The van der Waals surface area contributed by atoms with E-state index >= 15 is 0 Å². The molecule has 2 aromatic heterocycles. The van der Waals surface area contributed by atoms with Crippen molar-refractivity contribution in [2.75, 3.05) is 17.2 Å². The average molecular weight is 271 g/mol. The molecule has 5 nitrogen and oxygen atoms in total. The molecule has 0 aliphatic carbocycles. The minimum absolute atomic E-state index is 0.731. The molecule has 0 aliphatic rings. The molecule has 0 atom stereocenters. The van der Waals surface area contributed by atoms with E-state index in [-0.39, 0.29) is 0 Å². The lowest BCUT2D eigenvalue weighted by atomic mass is 10.2. The third-order valence-electron chi connectivity index (χ3n) is 3.06. The Morgan fingerprint density at radius 1 is 1.00 bits per heavy atom. The molecule has 0 amide bonds. The highest BCUT2D eigenvalue weighted by molar-refractivity contribution is 5.57. The van der Waals surface area contributed by atoms with Gasteiger partial charge in [-0.2, -0.15) is 0 Å². The van der Waals surface area contributed by atoms with Crippen LogP contribution in [-0.2, 0) is 13.0 Å². The molecule has 0 spiro atoms. The summed E-state index contributed by atoms with van der Waals surface area (Å²) in [6, 6.07) is 3.99. The molecule has 0 saturated carbocycles. The van der Waals surface area contributed by atoms with Gasteiger partial charge in [0.05, 0.1) is 0 Å². The van der Waals surface area contributed by atoms with Crippen LogP contribution in [0.15, 0.2) is 24.5 Å². The van der Waals surface area contributed by atoms with Crippen LogP contribution in [0.4, 0.5) is 11.6 Å². The van der Waals surface area contributed by atoms with E-state index in [1.807, 2.05) is 19.1 Å². The molecule has 2 aromatic rings. The van der Waals surface area contributed by atoms with Crippen molar-refractivity contribution < 1.29 is 0 Å². The van der Waals surface area contributed by atoms with Crippen molar-refractivity contribution in [2.24, 2.45) is 0 Å². The fourth-order valence-corrected chi connectivity index (χ4v) is 1.92. The minimum atomic E-state index is 0.731. The van der Waals surface area contributed by atoms with Crippen LogP contribution in [0.1, 0.15) is 30.8 Å². The quantitative estimate of drug-likeness (QED) is 0.846. The monoisotopic (exact) mass is 271 g/mol. The largest absolute Gasteiger partial charge is 0.370 e. The lowest BCUT2D eigenvalue weighted by molar-refractivity contribution is 0.919. The number of anilines is 2. The zero-order chi connectivity index (χ0) is 14.4. The van der Waals surface area contributed by atoms with Crippen molar-refractivity contribution in [2.45, 2.75) is 33.7 Å². The van der Waals surface area contributed by atoms with Gasteiger partial charge in [0.15, 0.2) is 0 Å². The molecule has 0 saturated heterocycles. The van der Waals surface area contributed by atoms with Crippen molar-refractivity contribution in [3.63, 3.8) is 0 Å². The van der Waals surface area contributed by atoms with E-state index in [0.717, 1.165) is 42.5 Å². The molecule has 0 fully saturated rings. The van der Waals surface area contributed by atoms with Gasteiger partial charge in [-0.15, -0.1) is 0 Å². The first-order valence-corrected chi connectivity index (χ1v) is 6.98. The van der Waals surface area contributed by atoms with Crippen LogP contribution in [-0.4, -0.2) is 21.5 Å². The molecule has 0 unspecified atom stereocenters. The number of pyridine rings is 1. The number of aryl methyl sites for hydroxylation is 1. The topological polar surface area (TPSA) is 62.7 Å². The van der Waals surface area contributed by atoms with Gasteiger partial charge in [-0.25, -0.2) is 9.97 Å². The number of nitrogens with zero attached hydrogens (tertiary/aromatic N) is 3. The predicted molar refractivity (Wildman–Crippen MR) is 81.9 cm³/mol. The summed E-state index contributed by atoms with van der Waals surface area (Å²) in [5.41, 5.74) is 2.24. The Hall–Kier alpha value is -2.17. The Bertz CT molecular complexity index is 554. The molecule has 5 heteroatoms. The van der Waals surface area contributed by atoms with E-state index in [1.165, 1.54) is 5.56 Å². The van der Waals surface area contributed by atoms with Crippen LogP contribution >= 0.6 is 0 Å². The summed E-state index contributed by atoms with van der Waals surface area (Å²) in [7, 11) is 0. The van der Waals surface area contributed by atoms with Gasteiger partial charge in [-0.05, 0) is 31.5 Å². The van der Waals surface area contributed by atoms with Crippen molar-refractivity contribution >= 4 is 11.6 Å². The number of rotatable bonds is 6. The highest BCUT2D eigenvalue weighted by Crippen LogP contribution is 2.20. The van der Waals surface area contributed by atoms with Crippen LogP contribution in [0, 0.1) is 6.92 Å². The summed E-state index contributed by atoms with van der Waals surface area (Å²) in [6.45, 7) is 7.75. The van der Waals surface area contributed by atoms with E-state index in [2.05, 4.69) is 39.4 Å². The second-order valence-electron chi connectivity index (χ2n) is 4.55. The highest BCUT2D eigenvalue weighted by Gasteiger charge is 2.09. The third-order valence-corrected chi connectivity index (χ3v) is 3.06. The van der Waals surface area contributed by atoms with E-state index < -0.39 is 0 Å². The second-order valence-corrected chi connectivity index (χ2v) is 4.55. The normalized spacial score (nSPS) is 10.3. The maximum Gasteiger partial charge on any atom is 0.135 e. The summed E-state index contributed by atoms with van der Waals surface area (Å²) in [5.74, 6) is 2.66. The van der Waals surface area contributed by atoms with Gasteiger partial charge in [0.1, 0.15) is 17.5 Å². The molecule has 2 rings (SSSR count). The molecule has 2 heterocycles. The zero-order valence-electron chi connectivity index (χ0n) is 12.3. The standard InChI is InChI=1S/C15H21N5/c1-4-13-19-14(17-5-2)11(3)15(20-13)18-10-12-6-8-16-9-7-12/h6-9H,4-5,10H2,1-3H3,(H2,17,18,19,20). The van der Waals surface area contributed by atoms with E-state index in [1.54, 1.807) is 12.4 Å². The summed E-state index contributed by atoms with van der Waals surface area (Å²) in [5, 5.41) is 6.67. The van der Waals surface area contributed by atoms with Gasteiger partial charge >= 0.3 is 0 Å². The van der Waals surface area contributed by atoms with Crippen molar-refractivity contribution in [1.29, 1.82) is 0 Å². The number of nitrogens with one attached hydrogen (secondary N) is 2. The van der Waals surface area contributed by atoms with Gasteiger partial charge < -0.3 is 10.6 Å². The SMILES string of the molecule is CCNc1nc(CC)nc(NCc2ccncc2)c1C. The molecular formula is C15H21N5. The minimum Gasteiger partial charge on any atom is -0.370 e. The molecule has 0 bridgehead atoms. The van der Waals surface area contributed by atoms with Crippen molar-refractivity contribution in [1.82, 2.24) is 15.0 Å². The molecule has 0 aliphatic heterocycles. The van der Waals surface area contributed by atoms with E-state index in [0.29, 0.717) is 0 Å². The Labute approximate surface area is 119 Å². The summed E-state index contributed by atoms with van der Waals surface area (Å²) in [4.78, 5) is 13.1. The maximum atomic E-state index is 4.57. The van der Waals surface area contributed by atoms with E-state index in [4.69, 9.17) is 0 Å². The zero-order valence-corrected chi connectivity index (χ0v) is 12.3. The fraction of sp³-hybridized carbons (Fsp3) is 0.400. The van der Waals surface area contributed by atoms with Crippen molar-refractivity contribution in [3.05, 3.63) is 41.5 Å². The Kier molecular flexibility index (Phi) is 4.87. The molecular weight excluding hydrogens is 250 g/mol. The number of hydrogen-bond donors (Lipinski definition) is 2. The third kappa shape index (κ3) is 3.44. The Balaban J connectivity index is 2.19. The Morgan fingerprint density at radius 2 is 1.65 bits per heavy atom. The van der Waals surface area contributed by atoms with E-state index in [9.17, 15) is 0 Å². The van der Waals surface area contributed by atoms with Crippen LogP contribution in [0.5, 0.6) is 0 Å². The molecule has 20 heavy (non-hydrogen) atoms. The lowest BCUT2D eigenvalue weighted by Crippen LogP contribution is -2.11. The molecule has 2 N–H and O–H groups in total. The van der Waals surface area contributed by atoms with Crippen LogP contribution in [0.25, 0.3) is 0 Å². The maximum absolute atomic E-state index is 4.57. The second kappa shape index (κ2) is 6.84. The summed E-state index contributed by atoms with van der Waals surface area (Å²) < 4.78 is 0. The Morgan fingerprint density at radius 3 is 2.25 bits per heavy atom. The smallest absolute Gasteiger partial charge is 0.135 e. The molecule has 0 radical (unpaired) electrons. The summed E-state index contributed by atoms with van der Waals surface area (Å²) >= 11 is 0. The molecule has 106 valence electrons. The first-order chi connectivity index (χ1) is 9.74. The van der Waals surface area contributed by atoms with Crippen LogP contribution < -0.4 is 10.6 Å². The average Bonchev–Trinajstić information content (AvgIpc) is 2.49. The van der Waals surface area contributed by atoms with Crippen LogP contribution in [0.3, 0.4) is 0 Å². The number of aromatic nitrogens is 3. The highest BCUT2D eigenvalue weighted by atomic mass is 15.1. The molecule has 0 aromatic carbocycles. The van der Waals surface area contributed by atoms with Crippen molar-refractivity contribution in [3.8, 4) is 0 Å². The fourth-order valence-electron chi connectivity index (χ4n) is 1.92. The first-order valence-electron chi connectivity index (χ1n) is 6.98. The van der Waals surface area contributed by atoms with Gasteiger partial charge in [0.25, 0.3) is 0 Å². The van der Waals surface area contributed by atoms with Gasteiger partial charge in [-0.3, -0.25) is 4.98 Å². The van der Waals surface area contributed by atoms with Gasteiger partial charge in [-0.1, -0.05) is 6.92 Å². The lowest BCUT2D eigenvalue weighted by Gasteiger charge is -2.14. The van der Waals surface area contributed by atoms with Gasteiger partial charge in [0, 0.05) is 37.5 Å². The number of hydrogen-bond acceptors (Lipinski definition) is 5. The van der Waals surface area contributed by atoms with Gasteiger partial charge in [0.2, 0.25) is 0 Å². The van der Waals surface area contributed by atoms with Crippen LogP contribution in [0.2, 0.25) is 0 Å².